The minimum atomic E-state index is 0.0495. The molecule has 1 fully saturated rings. The lowest BCUT2D eigenvalue weighted by Gasteiger charge is -2.31. The topological polar surface area (TPSA) is 12.5 Å². The summed E-state index contributed by atoms with van der Waals surface area (Å²) in [5.41, 5.74) is 1.15. The van der Waals surface area contributed by atoms with Crippen molar-refractivity contribution in [1.82, 2.24) is 4.90 Å². The SMILES string of the molecule is COc1cccc(C(Cl)CN2CCC(C)CC2)c1. The molecule has 2 rings (SSSR count). The van der Waals surface area contributed by atoms with Crippen LogP contribution in [-0.2, 0) is 0 Å². The summed E-state index contributed by atoms with van der Waals surface area (Å²) in [6, 6.07) is 8.06. The van der Waals surface area contributed by atoms with Gasteiger partial charge in [0.1, 0.15) is 5.75 Å². The third kappa shape index (κ3) is 3.63. The van der Waals surface area contributed by atoms with Crippen LogP contribution in [-0.4, -0.2) is 31.6 Å². The zero-order valence-electron chi connectivity index (χ0n) is 11.2. The van der Waals surface area contributed by atoms with E-state index in [0.29, 0.717) is 0 Å². The first-order chi connectivity index (χ1) is 8.69. The summed E-state index contributed by atoms with van der Waals surface area (Å²) in [5, 5.41) is 0.0495. The van der Waals surface area contributed by atoms with Crippen molar-refractivity contribution in [2.45, 2.75) is 25.1 Å². The van der Waals surface area contributed by atoms with Gasteiger partial charge in [-0.25, -0.2) is 0 Å². The van der Waals surface area contributed by atoms with Gasteiger partial charge in [0.15, 0.2) is 0 Å². The fourth-order valence-corrected chi connectivity index (χ4v) is 2.74. The maximum absolute atomic E-state index is 6.51. The molecular formula is C15H22ClNO. The Labute approximate surface area is 115 Å². The van der Waals surface area contributed by atoms with Gasteiger partial charge in [-0.05, 0) is 49.5 Å². The molecule has 0 aromatic heterocycles. The molecule has 3 heteroatoms. The summed E-state index contributed by atoms with van der Waals surface area (Å²) in [6.07, 6.45) is 2.59. The highest BCUT2D eigenvalue weighted by Gasteiger charge is 2.19. The Hall–Kier alpha value is -0.730. The van der Waals surface area contributed by atoms with Gasteiger partial charge < -0.3 is 9.64 Å². The summed E-state index contributed by atoms with van der Waals surface area (Å²) in [5.74, 6) is 1.75. The third-order valence-electron chi connectivity index (χ3n) is 3.75. The van der Waals surface area contributed by atoms with Crippen molar-refractivity contribution in [1.29, 1.82) is 0 Å². The van der Waals surface area contributed by atoms with E-state index in [2.05, 4.69) is 17.9 Å². The fourth-order valence-electron chi connectivity index (χ4n) is 2.41. The molecule has 1 atom stereocenters. The van der Waals surface area contributed by atoms with Crippen LogP contribution >= 0.6 is 11.6 Å². The van der Waals surface area contributed by atoms with Crippen molar-refractivity contribution in [3.8, 4) is 5.75 Å². The number of methoxy groups -OCH3 is 1. The smallest absolute Gasteiger partial charge is 0.119 e. The maximum Gasteiger partial charge on any atom is 0.119 e. The first-order valence-corrected chi connectivity index (χ1v) is 7.13. The average molecular weight is 268 g/mol. The lowest BCUT2D eigenvalue weighted by molar-refractivity contribution is 0.192. The maximum atomic E-state index is 6.51. The molecule has 18 heavy (non-hydrogen) atoms. The van der Waals surface area contributed by atoms with E-state index >= 15 is 0 Å². The van der Waals surface area contributed by atoms with Gasteiger partial charge in [-0.1, -0.05) is 19.1 Å². The molecule has 0 spiro atoms. The lowest BCUT2D eigenvalue weighted by atomic mass is 9.99. The van der Waals surface area contributed by atoms with E-state index in [1.165, 1.54) is 25.9 Å². The molecule has 0 aliphatic carbocycles. The van der Waals surface area contributed by atoms with Crippen LogP contribution in [0.25, 0.3) is 0 Å². The molecule has 1 aromatic rings. The van der Waals surface area contributed by atoms with Gasteiger partial charge in [0.25, 0.3) is 0 Å². The van der Waals surface area contributed by atoms with Gasteiger partial charge in [0, 0.05) is 6.54 Å². The monoisotopic (exact) mass is 267 g/mol. The van der Waals surface area contributed by atoms with E-state index in [0.717, 1.165) is 23.8 Å². The van der Waals surface area contributed by atoms with Gasteiger partial charge in [-0.3, -0.25) is 0 Å². The van der Waals surface area contributed by atoms with Crippen LogP contribution in [0.4, 0.5) is 0 Å². The predicted octanol–water partition coefficient (Wildman–Crippen LogP) is 3.71. The zero-order valence-corrected chi connectivity index (χ0v) is 12.0. The molecule has 0 N–H and O–H groups in total. The van der Waals surface area contributed by atoms with Crippen LogP contribution in [0.1, 0.15) is 30.7 Å². The summed E-state index contributed by atoms with van der Waals surface area (Å²) in [4.78, 5) is 2.47. The zero-order chi connectivity index (χ0) is 13.0. The Kier molecular flexibility index (Phi) is 4.90. The van der Waals surface area contributed by atoms with E-state index in [1.807, 2.05) is 18.2 Å². The highest BCUT2D eigenvalue weighted by atomic mass is 35.5. The number of rotatable bonds is 4. The first kappa shape index (κ1) is 13.7. The molecule has 0 radical (unpaired) electrons. The number of benzene rings is 1. The Bertz CT molecular complexity index is 375. The molecule has 2 nitrogen and oxygen atoms in total. The summed E-state index contributed by atoms with van der Waals surface area (Å²) >= 11 is 6.51. The van der Waals surface area contributed by atoms with Crippen LogP contribution in [0.3, 0.4) is 0 Å². The van der Waals surface area contributed by atoms with E-state index in [1.54, 1.807) is 7.11 Å². The van der Waals surface area contributed by atoms with E-state index in [9.17, 15) is 0 Å². The molecule has 1 aliphatic heterocycles. The number of hydrogen-bond acceptors (Lipinski definition) is 2. The number of hydrogen-bond donors (Lipinski definition) is 0. The Balaban J connectivity index is 1.92. The number of halogens is 1. The Morgan fingerprint density at radius 1 is 1.39 bits per heavy atom. The van der Waals surface area contributed by atoms with Gasteiger partial charge in [0.2, 0.25) is 0 Å². The Morgan fingerprint density at radius 2 is 2.11 bits per heavy atom. The Morgan fingerprint density at radius 3 is 2.78 bits per heavy atom. The number of likely N-dealkylation sites (tertiary alicyclic amines) is 1. The molecule has 1 heterocycles. The third-order valence-corrected chi connectivity index (χ3v) is 4.14. The standard InChI is InChI=1S/C15H22ClNO/c1-12-6-8-17(9-7-12)11-15(16)13-4-3-5-14(10-13)18-2/h3-5,10,12,15H,6-9,11H2,1-2H3. The van der Waals surface area contributed by atoms with E-state index < -0.39 is 0 Å². The highest BCUT2D eigenvalue weighted by Crippen LogP contribution is 2.26. The van der Waals surface area contributed by atoms with Gasteiger partial charge in [0.05, 0.1) is 12.5 Å². The molecular weight excluding hydrogens is 246 g/mol. The van der Waals surface area contributed by atoms with Crippen LogP contribution in [0.5, 0.6) is 5.75 Å². The van der Waals surface area contributed by atoms with Crippen molar-refractivity contribution >= 4 is 11.6 Å². The summed E-state index contributed by atoms with van der Waals surface area (Å²) in [7, 11) is 1.69. The quantitative estimate of drug-likeness (QED) is 0.771. The molecule has 1 unspecified atom stereocenters. The van der Waals surface area contributed by atoms with E-state index in [-0.39, 0.29) is 5.38 Å². The van der Waals surface area contributed by atoms with Crippen molar-refractivity contribution < 1.29 is 4.74 Å². The number of ether oxygens (including phenoxy) is 1. The summed E-state index contributed by atoms with van der Waals surface area (Å²) in [6.45, 7) is 5.61. The van der Waals surface area contributed by atoms with Crippen LogP contribution in [0.2, 0.25) is 0 Å². The molecule has 0 amide bonds. The second-order valence-electron chi connectivity index (χ2n) is 5.23. The second kappa shape index (κ2) is 6.44. The fraction of sp³-hybridized carbons (Fsp3) is 0.600. The first-order valence-electron chi connectivity index (χ1n) is 6.69. The average Bonchev–Trinajstić information content (AvgIpc) is 2.41. The van der Waals surface area contributed by atoms with Crippen LogP contribution in [0, 0.1) is 5.92 Å². The van der Waals surface area contributed by atoms with Crippen LogP contribution in [0.15, 0.2) is 24.3 Å². The normalized spacial score (nSPS) is 19.7. The van der Waals surface area contributed by atoms with Gasteiger partial charge in [-0.2, -0.15) is 0 Å². The molecule has 0 saturated carbocycles. The second-order valence-corrected chi connectivity index (χ2v) is 5.75. The minimum Gasteiger partial charge on any atom is -0.497 e. The van der Waals surface area contributed by atoms with Gasteiger partial charge in [-0.15, -0.1) is 11.6 Å². The predicted molar refractivity (Wildman–Crippen MR) is 76.4 cm³/mol. The largest absolute Gasteiger partial charge is 0.497 e. The lowest BCUT2D eigenvalue weighted by Crippen LogP contribution is -2.35. The molecule has 0 bridgehead atoms. The molecule has 100 valence electrons. The van der Waals surface area contributed by atoms with Gasteiger partial charge >= 0.3 is 0 Å². The number of alkyl halides is 1. The van der Waals surface area contributed by atoms with Crippen molar-refractivity contribution in [3.05, 3.63) is 29.8 Å². The highest BCUT2D eigenvalue weighted by molar-refractivity contribution is 6.21. The number of piperidine rings is 1. The van der Waals surface area contributed by atoms with Crippen LogP contribution < -0.4 is 4.74 Å². The van der Waals surface area contributed by atoms with Crippen molar-refractivity contribution in [3.63, 3.8) is 0 Å². The van der Waals surface area contributed by atoms with Crippen molar-refractivity contribution in [2.75, 3.05) is 26.7 Å². The van der Waals surface area contributed by atoms with E-state index in [4.69, 9.17) is 16.3 Å². The molecule has 1 aliphatic rings. The molecule has 1 aromatic carbocycles. The summed E-state index contributed by atoms with van der Waals surface area (Å²) < 4.78 is 5.24. The van der Waals surface area contributed by atoms with Crippen molar-refractivity contribution in [2.24, 2.45) is 5.92 Å². The minimum absolute atomic E-state index is 0.0495. The molecule has 1 saturated heterocycles. The number of nitrogens with zero attached hydrogens (tertiary/aromatic N) is 1.